The normalized spacial score (nSPS) is 16.6. The maximum Gasteiger partial charge on any atom is 0.151 e. The van der Waals surface area contributed by atoms with E-state index in [2.05, 4.69) is 40.7 Å². The van der Waals surface area contributed by atoms with E-state index >= 15 is 0 Å². The number of hydrogen-bond acceptors (Lipinski definition) is 3. The quantitative estimate of drug-likeness (QED) is 0.849. The second-order valence-electron chi connectivity index (χ2n) is 5.04. The zero-order valence-corrected chi connectivity index (χ0v) is 11.8. The number of fused-ring (bicyclic) bond motifs is 2. The minimum absolute atomic E-state index is 0.933. The molecule has 3 heteroatoms. The third kappa shape index (κ3) is 2.63. The third-order valence-electron chi connectivity index (χ3n) is 3.57. The topological polar surface area (TPSA) is 24.5 Å². The molecule has 0 saturated carbocycles. The van der Waals surface area contributed by atoms with Crippen LogP contribution in [0.4, 0.5) is 5.69 Å². The van der Waals surface area contributed by atoms with Crippen molar-refractivity contribution in [3.05, 3.63) is 60.0 Å². The van der Waals surface area contributed by atoms with Crippen molar-refractivity contribution in [3.63, 3.8) is 0 Å². The van der Waals surface area contributed by atoms with Crippen LogP contribution in [0.25, 0.3) is 0 Å². The highest BCUT2D eigenvalue weighted by Gasteiger charge is 2.20. The summed E-state index contributed by atoms with van der Waals surface area (Å²) in [6.45, 7) is 2.01. The van der Waals surface area contributed by atoms with Gasteiger partial charge in [0.05, 0.1) is 5.69 Å². The minimum atomic E-state index is 0.933. The molecule has 0 aromatic heterocycles. The summed E-state index contributed by atoms with van der Waals surface area (Å²) in [5.74, 6) is 1.90. The van der Waals surface area contributed by atoms with Crippen LogP contribution in [0.15, 0.2) is 60.0 Å². The van der Waals surface area contributed by atoms with E-state index in [0.717, 1.165) is 43.1 Å². The molecule has 1 N–H and O–H groups in total. The molecule has 1 aromatic rings. The Morgan fingerprint density at radius 1 is 1.30 bits per heavy atom. The van der Waals surface area contributed by atoms with Gasteiger partial charge in [0.25, 0.3) is 0 Å². The summed E-state index contributed by atoms with van der Waals surface area (Å²) >= 11 is 0. The lowest BCUT2D eigenvalue weighted by molar-refractivity contribution is 0.437. The van der Waals surface area contributed by atoms with Crippen molar-refractivity contribution < 1.29 is 4.74 Å². The molecular weight excluding hydrogens is 248 g/mol. The number of para-hydroxylation sites is 2. The maximum absolute atomic E-state index is 6.08. The van der Waals surface area contributed by atoms with Gasteiger partial charge in [0.1, 0.15) is 5.76 Å². The average Bonchev–Trinajstić information content (AvgIpc) is 2.64. The van der Waals surface area contributed by atoms with Crippen molar-refractivity contribution in [2.45, 2.75) is 12.8 Å². The van der Waals surface area contributed by atoms with Crippen molar-refractivity contribution in [1.29, 1.82) is 0 Å². The van der Waals surface area contributed by atoms with E-state index in [-0.39, 0.29) is 0 Å². The van der Waals surface area contributed by atoms with Crippen LogP contribution in [0.1, 0.15) is 12.8 Å². The summed E-state index contributed by atoms with van der Waals surface area (Å²) in [6, 6.07) is 8.25. The molecule has 3 rings (SSSR count). The lowest BCUT2D eigenvalue weighted by Crippen LogP contribution is -2.21. The molecule has 0 fully saturated rings. The van der Waals surface area contributed by atoms with E-state index in [1.54, 1.807) is 0 Å². The van der Waals surface area contributed by atoms with Gasteiger partial charge in [0.2, 0.25) is 0 Å². The van der Waals surface area contributed by atoms with Crippen LogP contribution in [0.5, 0.6) is 5.75 Å². The van der Waals surface area contributed by atoms with Crippen LogP contribution in [0.2, 0.25) is 0 Å². The lowest BCUT2D eigenvalue weighted by atomic mass is 10.1. The van der Waals surface area contributed by atoms with Gasteiger partial charge in [0.15, 0.2) is 5.75 Å². The Balaban J connectivity index is 1.93. The lowest BCUT2D eigenvalue weighted by Gasteiger charge is -2.21. The molecule has 0 radical (unpaired) electrons. The second kappa shape index (κ2) is 5.97. The molecule has 1 aromatic carbocycles. The average molecular weight is 268 g/mol. The molecule has 2 aliphatic rings. The molecule has 20 heavy (non-hydrogen) atoms. The standard InChI is InChI=1S/C17H20N2O/c1-18-11-6-12-19-13-14-7-2-4-9-16(14)20-17-10-5-3-8-15(17)19/h2-5,8-10,13,18H,6-7,11-12H2,1H3. The zero-order valence-electron chi connectivity index (χ0n) is 11.8. The van der Waals surface area contributed by atoms with E-state index in [4.69, 9.17) is 4.74 Å². The Bertz CT molecular complexity index is 572. The molecule has 0 unspecified atom stereocenters. The van der Waals surface area contributed by atoms with E-state index in [1.165, 1.54) is 5.57 Å². The fourth-order valence-corrected chi connectivity index (χ4v) is 2.54. The summed E-state index contributed by atoms with van der Waals surface area (Å²) in [7, 11) is 1.99. The Hall–Kier alpha value is -2.00. The van der Waals surface area contributed by atoms with E-state index in [1.807, 2.05) is 25.3 Å². The molecular formula is C17H20N2O. The Labute approximate surface area is 120 Å². The van der Waals surface area contributed by atoms with E-state index < -0.39 is 0 Å². The highest BCUT2D eigenvalue weighted by atomic mass is 16.5. The highest BCUT2D eigenvalue weighted by molar-refractivity contribution is 5.64. The summed E-state index contributed by atoms with van der Waals surface area (Å²) in [5.41, 5.74) is 2.39. The highest BCUT2D eigenvalue weighted by Crippen LogP contribution is 2.36. The number of hydrogen-bond donors (Lipinski definition) is 1. The molecule has 3 nitrogen and oxygen atoms in total. The van der Waals surface area contributed by atoms with Crippen LogP contribution in [-0.4, -0.2) is 20.1 Å². The van der Waals surface area contributed by atoms with Crippen LogP contribution in [0, 0.1) is 0 Å². The van der Waals surface area contributed by atoms with Crippen molar-refractivity contribution >= 4 is 5.69 Å². The number of nitrogens with zero attached hydrogens (tertiary/aromatic N) is 1. The Morgan fingerprint density at radius 3 is 3.10 bits per heavy atom. The molecule has 0 amide bonds. The van der Waals surface area contributed by atoms with Gasteiger partial charge in [-0.2, -0.15) is 0 Å². The van der Waals surface area contributed by atoms with E-state index in [0.29, 0.717) is 0 Å². The van der Waals surface area contributed by atoms with Gasteiger partial charge in [-0.25, -0.2) is 0 Å². The van der Waals surface area contributed by atoms with E-state index in [9.17, 15) is 0 Å². The Kier molecular flexibility index (Phi) is 3.88. The number of allylic oxidation sites excluding steroid dienone is 4. The first-order valence-electron chi connectivity index (χ1n) is 7.14. The van der Waals surface area contributed by atoms with Crippen LogP contribution < -0.4 is 15.0 Å². The molecule has 104 valence electrons. The van der Waals surface area contributed by atoms with Crippen LogP contribution in [-0.2, 0) is 0 Å². The molecule has 1 aliphatic heterocycles. The number of ether oxygens (including phenoxy) is 1. The first-order valence-corrected chi connectivity index (χ1v) is 7.14. The molecule has 1 heterocycles. The first-order chi connectivity index (χ1) is 9.88. The van der Waals surface area contributed by atoms with Crippen molar-refractivity contribution in [2.75, 3.05) is 25.0 Å². The van der Waals surface area contributed by atoms with Crippen LogP contribution in [0.3, 0.4) is 0 Å². The van der Waals surface area contributed by atoms with Gasteiger partial charge in [-0.15, -0.1) is 0 Å². The summed E-state index contributed by atoms with van der Waals surface area (Å²) in [5, 5.41) is 3.20. The fourth-order valence-electron chi connectivity index (χ4n) is 2.54. The van der Waals surface area contributed by atoms with Gasteiger partial charge in [0, 0.05) is 18.3 Å². The van der Waals surface area contributed by atoms with Crippen molar-refractivity contribution in [3.8, 4) is 5.75 Å². The smallest absolute Gasteiger partial charge is 0.151 e. The summed E-state index contributed by atoms with van der Waals surface area (Å²) in [4.78, 5) is 2.31. The molecule has 0 saturated heterocycles. The van der Waals surface area contributed by atoms with Gasteiger partial charge in [-0.1, -0.05) is 24.3 Å². The second-order valence-corrected chi connectivity index (χ2v) is 5.04. The van der Waals surface area contributed by atoms with Crippen molar-refractivity contribution in [1.82, 2.24) is 5.32 Å². The fraction of sp³-hybridized carbons (Fsp3) is 0.294. The van der Waals surface area contributed by atoms with Crippen LogP contribution >= 0.6 is 0 Å². The first kappa shape index (κ1) is 13.0. The van der Waals surface area contributed by atoms with Gasteiger partial charge in [-0.05, 0) is 44.6 Å². The molecule has 0 spiro atoms. The predicted octanol–water partition coefficient (Wildman–Crippen LogP) is 3.22. The summed E-state index contributed by atoms with van der Waals surface area (Å²) < 4.78 is 6.08. The molecule has 0 bridgehead atoms. The number of rotatable bonds is 4. The van der Waals surface area contributed by atoms with Crippen molar-refractivity contribution in [2.24, 2.45) is 0 Å². The number of benzene rings is 1. The minimum Gasteiger partial charge on any atom is -0.455 e. The maximum atomic E-state index is 6.08. The number of nitrogens with one attached hydrogen (secondary N) is 1. The monoisotopic (exact) mass is 268 g/mol. The molecule has 1 aliphatic carbocycles. The number of anilines is 1. The third-order valence-corrected chi connectivity index (χ3v) is 3.57. The SMILES string of the molecule is CNCCCN1C=C2CC=CC=C2Oc2ccccc21. The largest absolute Gasteiger partial charge is 0.455 e. The summed E-state index contributed by atoms with van der Waals surface area (Å²) in [6.07, 6.45) is 10.5. The predicted molar refractivity (Wildman–Crippen MR) is 82.9 cm³/mol. The van der Waals surface area contributed by atoms with Gasteiger partial charge < -0.3 is 15.0 Å². The van der Waals surface area contributed by atoms with Gasteiger partial charge in [-0.3, -0.25) is 0 Å². The zero-order chi connectivity index (χ0) is 13.8. The molecule has 0 atom stereocenters. The van der Waals surface area contributed by atoms with Gasteiger partial charge >= 0.3 is 0 Å². The Morgan fingerprint density at radius 2 is 2.20 bits per heavy atom.